The summed E-state index contributed by atoms with van der Waals surface area (Å²) in [6.45, 7) is 5.36. The van der Waals surface area contributed by atoms with Crippen molar-refractivity contribution in [3.63, 3.8) is 0 Å². The van der Waals surface area contributed by atoms with E-state index in [1.165, 1.54) is 6.07 Å². The maximum atomic E-state index is 12.5. The molecule has 1 aromatic heterocycles. The predicted molar refractivity (Wildman–Crippen MR) is 105 cm³/mol. The number of fused-ring (bicyclic) bond motifs is 1. The number of hydrogen-bond acceptors (Lipinski definition) is 6. The minimum Gasteiger partial charge on any atom is -0.475 e. The molecule has 0 unspecified atom stereocenters. The molecule has 0 aliphatic rings. The monoisotopic (exact) mass is 396 g/mol. The topological polar surface area (TPSA) is 135 Å². The smallest absolute Gasteiger partial charge is 0.371 e. The number of carboxylic acid groups (broad SMARTS) is 1. The molecule has 0 aliphatic carbocycles. The van der Waals surface area contributed by atoms with Gasteiger partial charge in [0, 0.05) is 10.9 Å². The highest BCUT2D eigenvalue weighted by atomic mass is 16.5. The molecule has 2 aromatic carbocycles. The van der Waals surface area contributed by atoms with Gasteiger partial charge < -0.3 is 25.2 Å². The molecule has 4 N–H and O–H groups in total. The number of nitrogens with two attached hydrogens (primary N) is 1. The molecule has 0 bridgehead atoms. The van der Waals surface area contributed by atoms with Crippen LogP contribution in [0.15, 0.2) is 39.9 Å². The van der Waals surface area contributed by atoms with E-state index < -0.39 is 11.9 Å². The van der Waals surface area contributed by atoms with E-state index in [4.69, 9.17) is 25.2 Å². The van der Waals surface area contributed by atoms with Gasteiger partial charge in [-0.25, -0.2) is 9.59 Å². The number of aryl methyl sites for hydroxylation is 3. The number of carbonyl (C=O) groups is 2. The van der Waals surface area contributed by atoms with Crippen molar-refractivity contribution in [2.45, 2.75) is 27.4 Å². The van der Waals surface area contributed by atoms with Gasteiger partial charge in [-0.15, -0.1) is 0 Å². The average Bonchev–Trinajstić information content (AvgIpc) is 3.15. The molecule has 3 rings (SSSR count). The lowest BCUT2D eigenvalue weighted by molar-refractivity contribution is 0.0471. The molecular formula is C21H20N2O6. The zero-order chi connectivity index (χ0) is 21.3. The first-order valence-electron chi connectivity index (χ1n) is 8.74. The first-order valence-corrected chi connectivity index (χ1v) is 8.74. The van der Waals surface area contributed by atoms with Crippen LogP contribution < -0.4 is 5.73 Å². The molecule has 0 amide bonds. The van der Waals surface area contributed by atoms with Crippen LogP contribution in [-0.2, 0) is 11.3 Å². The van der Waals surface area contributed by atoms with Crippen molar-refractivity contribution in [2.75, 3.05) is 0 Å². The third-order valence-corrected chi connectivity index (χ3v) is 4.79. The maximum Gasteiger partial charge on any atom is 0.371 e. The maximum absolute atomic E-state index is 12.5. The quantitative estimate of drug-likeness (QED) is 0.197. The number of furan rings is 1. The number of amidine groups is 1. The van der Waals surface area contributed by atoms with E-state index in [1.54, 1.807) is 32.0 Å². The van der Waals surface area contributed by atoms with Crippen molar-refractivity contribution >= 4 is 28.7 Å². The van der Waals surface area contributed by atoms with Crippen LogP contribution in [0.2, 0.25) is 0 Å². The number of rotatable bonds is 5. The van der Waals surface area contributed by atoms with Crippen LogP contribution in [0.3, 0.4) is 0 Å². The first kappa shape index (κ1) is 19.9. The summed E-state index contributed by atoms with van der Waals surface area (Å²) in [7, 11) is 0. The Morgan fingerprint density at radius 2 is 1.86 bits per heavy atom. The number of hydrogen-bond donors (Lipinski definition) is 3. The number of ether oxygens (including phenoxy) is 1. The fourth-order valence-corrected chi connectivity index (χ4v) is 3.14. The number of aromatic carboxylic acids is 1. The first-order chi connectivity index (χ1) is 13.7. The van der Waals surface area contributed by atoms with Gasteiger partial charge in [-0.1, -0.05) is 17.3 Å². The lowest BCUT2D eigenvalue weighted by Crippen LogP contribution is -2.14. The van der Waals surface area contributed by atoms with Crippen molar-refractivity contribution in [2.24, 2.45) is 10.9 Å². The van der Waals surface area contributed by atoms with Gasteiger partial charge in [0.25, 0.3) is 0 Å². The van der Waals surface area contributed by atoms with Gasteiger partial charge >= 0.3 is 11.9 Å². The molecule has 0 atom stereocenters. The lowest BCUT2D eigenvalue weighted by atomic mass is 10.0. The second-order valence-electron chi connectivity index (χ2n) is 6.73. The Morgan fingerprint density at radius 3 is 2.48 bits per heavy atom. The fourth-order valence-electron chi connectivity index (χ4n) is 3.14. The zero-order valence-electron chi connectivity index (χ0n) is 16.1. The number of benzene rings is 2. The molecule has 150 valence electrons. The Balaban J connectivity index is 1.84. The van der Waals surface area contributed by atoms with Gasteiger partial charge in [-0.05, 0) is 61.2 Å². The summed E-state index contributed by atoms with van der Waals surface area (Å²) < 4.78 is 10.9. The Hall–Kier alpha value is -3.81. The van der Waals surface area contributed by atoms with Gasteiger partial charge in [-0.2, -0.15) is 0 Å². The Kier molecular flexibility index (Phi) is 5.27. The van der Waals surface area contributed by atoms with E-state index in [9.17, 15) is 9.59 Å². The summed E-state index contributed by atoms with van der Waals surface area (Å²) in [6.07, 6.45) is 0. The molecule has 1 heterocycles. The third kappa shape index (κ3) is 3.77. The number of esters is 1. The summed E-state index contributed by atoms with van der Waals surface area (Å²) in [5, 5.41) is 21.5. The molecule has 29 heavy (non-hydrogen) atoms. The Bertz CT molecular complexity index is 1160. The van der Waals surface area contributed by atoms with Crippen LogP contribution >= 0.6 is 0 Å². The van der Waals surface area contributed by atoms with E-state index in [1.807, 2.05) is 13.0 Å². The van der Waals surface area contributed by atoms with Crippen LogP contribution in [0, 0.1) is 20.8 Å². The highest BCUT2D eigenvalue weighted by Crippen LogP contribution is 2.29. The van der Waals surface area contributed by atoms with Crippen LogP contribution in [0.1, 0.15) is 48.7 Å². The summed E-state index contributed by atoms with van der Waals surface area (Å²) in [5.41, 5.74) is 9.76. The summed E-state index contributed by atoms with van der Waals surface area (Å²) >= 11 is 0. The Morgan fingerprint density at radius 1 is 1.14 bits per heavy atom. The summed E-state index contributed by atoms with van der Waals surface area (Å²) in [6, 6.07) is 8.08. The predicted octanol–water partition coefficient (Wildman–Crippen LogP) is 3.51. The minimum absolute atomic E-state index is 0.00593. The van der Waals surface area contributed by atoms with Crippen molar-refractivity contribution in [3.8, 4) is 0 Å². The molecule has 0 saturated carbocycles. The molecular weight excluding hydrogens is 376 g/mol. The van der Waals surface area contributed by atoms with Gasteiger partial charge in [0.15, 0.2) is 5.84 Å². The van der Waals surface area contributed by atoms with E-state index in [2.05, 4.69) is 5.16 Å². The molecule has 0 fully saturated rings. The average molecular weight is 396 g/mol. The van der Waals surface area contributed by atoms with Crippen LogP contribution in [0.4, 0.5) is 0 Å². The van der Waals surface area contributed by atoms with Gasteiger partial charge in [0.1, 0.15) is 12.2 Å². The molecule has 0 aliphatic heterocycles. The highest BCUT2D eigenvalue weighted by Gasteiger charge is 2.18. The van der Waals surface area contributed by atoms with E-state index in [0.717, 1.165) is 11.1 Å². The SMILES string of the molecule is Cc1cc(/C(N)=N\O)ccc1C(=O)OCc1cc(C)c2cc(C(=O)O)oc2c1C. The van der Waals surface area contributed by atoms with Gasteiger partial charge in [-0.3, -0.25) is 0 Å². The number of nitrogens with zero attached hydrogens (tertiary/aromatic N) is 1. The van der Waals surface area contributed by atoms with Crippen molar-refractivity contribution in [1.82, 2.24) is 0 Å². The normalized spacial score (nSPS) is 11.6. The summed E-state index contributed by atoms with van der Waals surface area (Å²) in [5.74, 6) is -1.84. The number of oxime groups is 1. The molecule has 0 spiro atoms. The molecule has 0 saturated heterocycles. The van der Waals surface area contributed by atoms with Crippen molar-refractivity contribution < 1.29 is 29.1 Å². The Labute approximate surface area is 166 Å². The van der Waals surface area contributed by atoms with Gasteiger partial charge in [0.05, 0.1) is 5.56 Å². The molecule has 8 nitrogen and oxygen atoms in total. The highest BCUT2D eigenvalue weighted by molar-refractivity contribution is 5.99. The second kappa shape index (κ2) is 7.67. The van der Waals surface area contributed by atoms with E-state index in [0.29, 0.717) is 33.2 Å². The van der Waals surface area contributed by atoms with Crippen LogP contribution in [0.5, 0.6) is 0 Å². The van der Waals surface area contributed by atoms with Crippen LogP contribution in [-0.4, -0.2) is 28.1 Å². The third-order valence-electron chi connectivity index (χ3n) is 4.79. The number of carbonyl (C=O) groups excluding carboxylic acids is 1. The fraction of sp³-hybridized carbons (Fsp3) is 0.190. The molecule has 3 aromatic rings. The second-order valence-corrected chi connectivity index (χ2v) is 6.73. The summed E-state index contributed by atoms with van der Waals surface area (Å²) in [4.78, 5) is 23.7. The standard InChI is InChI=1S/C21H20N2O6/c1-10-6-13(19(22)23-27)4-5-15(10)21(26)28-9-14-7-11(2)16-8-17(20(24)25)29-18(16)12(14)3/h4-8,27H,9H2,1-3H3,(H2,22,23)(H,24,25). The van der Waals surface area contributed by atoms with E-state index in [-0.39, 0.29) is 18.2 Å². The van der Waals surface area contributed by atoms with Crippen molar-refractivity contribution in [3.05, 3.63) is 69.5 Å². The van der Waals surface area contributed by atoms with Crippen molar-refractivity contribution in [1.29, 1.82) is 0 Å². The number of carboxylic acids is 1. The zero-order valence-corrected chi connectivity index (χ0v) is 16.1. The lowest BCUT2D eigenvalue weighted by Gasteiger charge is -2.11. The molecule has 8 heteroatoms. The van der Waals surface area contributed by atoms with E-state index >= 15 is 0 Å². The van der Waals surface area contributed by atoms with Crippen LogP contribution in [0.25, 0.3) is 11.0 Å². The largest absolute Gasteiger partial charge is 0.475 e. The minimum atomic E-state index is -1.14. The van der Waals surface area contributed by atoms with Gasteiger partial charge in [0.2, 0.25) is 5.76 Å². The molecule has 0 radical (unpaired) electrons.